The second-order valence-electron chi connectivity index (χ2n) is 20.6. The standard InChI is InChI=1S/C61H118O5/c1-4-7-10-13-16-19-22-25-27-29-30-31-32-33-34-37-40-43-46-49-52-55-61(63)66-59(58-65-60(62)54-51-48-45-42-39-36-24-21-18-15-12-9-6-3)57-64-56-53-50-47-44-41-38-35-28-26-23-20-17-14-11-8-5-2/h21,24,59H,4-20,22-23,25-58H2,1-3H3/b24-21-/t59-/m1/s1. The fourth-order valence-electron chi connectivity index (χ4n) is 9.27. The van der Waals surface area contributed by atoms with Crippen LogP contribution in [0.4, 0.5) is 0 Å². The van der Waals surface area contributed by atoms with Crippen molar-refractivity contribution in [3.05, 3.63) is 12.2 Å². The summed E-state index contributed by atoms with van der Waals surface area (Å²) in [6.45, 7) is 7.90. The Bertz CT molecular complexity index is 963. The first kappa shape index (κ1) is 64.6. The van der Waals surface area contributed by atoms with E-state index in [2.05, 4.69) is 32.9 Å². The van der Waals surface area contributed by atoms with E-state index in [-0.39, 0.29) is 18.5 Å². The monoisotopic (exact) mass is 931 g/mol. The average Bonchev–Trinajstić information content (AvgIpc) is 3.32. The Kier molecular flexibility index (Phi) is 56.8. The maximum absolute atomic E-state index is 12.9. The summed E-state index contributed by atoms with van der Waals surface area (Å²) >= 11 is 0. The topological polar surface area (TPSA) is 61.8 Å². The molecule has 0 aromatic carbocycles. The van der Waals surface area contributed by atoms with Crippen molar-refractivity contribution >= 4 is 11.9 Å². The summed E-state index contributed by atoms with van der Waals surface area (Å²) in [6.07, 6.45) is 68.1. The quantitative estimate of drug-likeness (QED) is 0.0345. The van der Waals surface area contributed by atoms with Crippen molar-refractivity contribution in [3.8, 4) is 0 Å². The molecule has 0 aliphatic carbocycles. The Morgan fingerprint density at radius 1 is 0.318 bits per heavy atom. The first-order valence-electron chi connectivity index (χ1n) is 30.2. The molecular formula is C61H118O5. The Hall–Kier alpha value is -1.36. The predicted octanol–water partition coefficient (Wildman–Crippen LogP) is 20.6. The van der Waals surface area contributed by atoms with Crippen molar-refractivity contribution < 1.29 is 23.8 Å². The molecule has 0 radical (unpaired) electrons. The van der Waals surface area contributed by atoms with Gasteiger partial charge in [0.15, 0.2) is 6.10 Å². The Labute approximate surface area is 414 Å². The fraction of sp³-hybridized carbons (Fsp3) is 0.934. The second kappa shape index (κ2) is 58.0. The second-order valence-corrected chi connectivity index (χ2v) is 20.6. The summed E-state index contributed by atoms with van der Waals surface area (Å²) in [4.78, 5) is 25.5. The van der Waals surface area contributed by atoms with Crippen LogP contribution in [0, 0.1) is 0 Å². The van der Waals surface area contributed by atoms with E-state index in [0.717, 1.165) is 44.9 Å². The summed E-state index contributed by atoms with van der Waals surface area (Å²) in [5, 5.41) is 0. The average molecular weight is 932 g/mol. The Morgan fingerprint density at radius 3 is 0.939 bits per heavy atom. The molecule has 0 unspecified atom stereocenters. The van der Waals surface area contributed by atoms with Gasteiger partial charge in [0, 0.05) is 19.4 Å². The van der Waals surface area contributed by atoms with E-state index < -0.39 is 6.10 Å². The van der Waals surface area contributed by atoms with E-state index in [9.17, 15) is 9.59 Å². The lowest BCUT2D eigenvalue weighted by Gasteiger charge is -2.18. The highest BCUT2D eigenvalue weighted by atomic mass is 16.6. The van der Waals surface area contributed by atoms with Crippen LogP contribution in [0.1, 0.15) is 342 Å². The number of rotatable bonds is 57. The number of unbranched alkanes of at least 4 members (excludes halogenated alkanes) is 44. The highest BCUT2D eigenvalue weighted by Crippen LogP contribution is 2.18. The van der Waals surface area contributed by atoms with Gasteiger partial charge >= 0.3 is 11.9 Å². The third kappa shape index (κ3) is 55.2. The van der Waals surface area contributed by atoms with Gasteiger partial charge in [-0.25, -0.2) is 0 Å². The molecule has 0 fully saturated rings. The number of hydrogen-bond acceptors (Lipinski definition) is 5. The highest BCUT2D eigenvalue weighted by molar-refractivity contribution is 5.70. The summed E-state index contributed by atoms with van der Waals surface area (Å²) in [5.41, 5.74) is 0. The number of carbonyl (C=O) groups is 2. The van der Waals surface area contributed by atoms with Gasteiger partial charge in [0.25, 0.3) is 0 Å². The first-order valence-corrected chi connectivity index (χ1v) is 30.2. The molecule has 0 aliphatic rings. The van der Waals surface area contributed by atoms with Gasteiger partial charge in [0.05, 0.1) is 6.61 Å². The minimum Gasteiger partial charge on any atom is -0.462 e. The number of hydrogen-bond donors (Lipinski definition) is 0. The van der Waals surface area contributed by atoms with Gasteiger partial charge in [-0.1, -0.05) is 296 Å². The molecule has 0 aromatic heterocycles. The molecule has 0 saturated carbocycles. The van der Waals surface area contributed by atoms with Crippen molar-refractivity contribution in [2.45, 2.75) is 348 Å². The Morgan fingerprint density at radius 2 is 0.591 bits per heavy atom. The van der Waals surface area contributed by atoms with Crippen LogP contribution in [0.5, 0.6) is 0 Å². The fourth-order valence-corrected chi connectivity index (χ4v) is 9.27. The van der Waals surface area contributed by atoms with Crippen molar-refractivity contribution in [2.24, 2.45) is 0 Å². The lowest BCUT2D eigenvalue weighted by atomic mass is 10.0. The third-order valence-corrected chi connectivity index (χ3v) is 13.8. The van der Waals surface area contributed by atoms with Crippen LogP contribution in [0.15, 0.2) is 12.2 Å². The van der Waals surface area contributed by atoms with Gasteiger partial charge in [-0.3, -0.25) is 9.59 Å². The molecule has 0 bridgehead atoms. The number of ether oxygens (including phenoxy) is 3. The molecule has 0 aliphatic heterocycles. The van der Waals surface area contributed by atoms with Gasteiger partial charge in [-0.05, 0) is 44.9 Å². The minimum absolute atomic E-state index is 0.0909. The van der Waals surface area contributed by atoms with Crippen LogP contribution in [0.3, 0.4) is 0 Å². The zero-order valence-electron chi connectivity index (χ0n) is 45.2. The van der Waals surface area contributed by atoms with Crippen LogP contribution >= 0.6 is 0 Å². The molecule has 0 aromatic rings. The zero-order chi connectivity index (χ0) is 47.7. The molecule has 66 heavy (non-hydrogen) atoms. The highest BCUT2D eigenvalue weighted by Gasteiger charge is 2.18. The Balaban J connectivity index is 4.16. The van der Waals surface area contributed by atoms with Crippen LogP contribution in [-0.4, -0.2) is 37.9 Å². The molecule has 1 atom stereocenters. The van der Waals surface area contributed by atoms with Crippen molar-refractivity contribution in [1.82, 2.24) is 0 Å². The maximum Gasteiger partial charge on any atom is 0.306 e. The van der Waals surface area contributed by atoms with Crippen LogP contribution in [0.25, 0.3) is 0 Å². The third-order valence-electron chi connectivity index (χ3n) is 13.8. The molecule has 0 spiro atoms. The number of carbonyl (C=O) groups excluding carboxylic acids is 2. The molecule has 0 heterocycles. The van der Waals surface area contributed by atoms with Gasteiger partial charge < -0.3 is 14.2 Å². The first-order chi connectivity index (χ1) is 32.6. The number of esters is 2. The van der Waals surface area contributed by atoms with Gasteiger partial charge in [0.1, 0.15) is 6.61 Å². The van der Waals surface area contributed by atoms with Crippen LogP contribution in [-0.2, 0) is 23.8 Å². The SMILES string of the molecule is CCCCCC/C=C\CCCCCCCC(=O)OC[C@@H](COCCCCCCCCCCCCCCCCCC)OC(=O)CCCCCCCCCCCCCCCCCCCCCCC. The van der Waals surface area contributed by atoms with Crippen molar-refractivity contribution in [3.63, 3.8) is 0 Å². The van der Waals surface area contributed by atoms with E-state index >= 15 is 0 Å². The molecule has 0 saturated heterocycles. The summed E-state index contributed by atoms with van der Waals surface area (Å²) < 4.78 is 17.5. The molecule has 5 nitrogen and oxygen atoms in total. The lowest BCUT2D eigenvalue weighted by Crippen LogP contribution is -2.30. The van der Waals surface area contributed by atoms with Crippen LogP contribution in [0.2, 0.25) is 0 Å². The predicted molar refractivity (Wildman–Crippen MR) is 289 cm³/mol. The maximum atomic E-state index is 12.9. The zero-order valence-corrected chi connectivity index (χ0v) is 45.2. The molecule has 5 heteroatoms. The molecular weight excluding hydrogens is 813 g/mol. The van der Waals surface area contributed by atoms with Crippen LogP contribution < -0.4 is 0 Å². The largest absolute Gasteiger partial charge is 0.462 e. The minimum atomic E-state index is -0.530. The van der Waals surface area contributed by atoms with E-state index in [1.807, 2.05) is 0 Å². The molecule has 392 valence electrons. The normalized spacial score (nSPS) is 12.1. The van der Waals surface area contributed by atoms with Crippen molar-refractivity contribution in [2.75, 3.05) is 19.8 Å². The summed E-state index contributed by atoms with van der Waals surface area (Å²) in [6, 6.07) is 0. The van der Waals surface area contributed by atoms with Gasteiger partial charge in [-0.15, -0.1) is 0 Å². The molecule has 0 amide bonds. The van der Waals surface area contributed by atoms with Crippen molar-refractivity contribution in [1.29, 1.82) is 0 Å². The van der Waals surface area contributed by atoms with E-state index in [4.69, 9.17) is 14.2 Å². The summed E-state index contributed by atoms with van der Waals surface area (Å²) in [7, 11) is 0. The van der Waals surface area contributed by atoms with E-state index in [0.29, 0.717) is 26.1 Å². The molecule has 0 N–H and O–H groups in total. The lowest BCUT2D eigenvalue weighted by molar-refractivity contribution is -0.163. The smallest absolute Gasteiger partial charge is 0.306 e. The van der Waals surface area contributed by atoms with Gasteiger partial charge in [0.2, 0.25) is 0 Å². The van der Waals surface area contributed by atoms with E-state index in [1.54, 1.807) is 0 Å². The van der Waals surface area contributed by atoms with Gasteiger partial charge in [-0.2, -0.15) is 0 Å². The van der Waals surface area contributed by atoms with E-state index in [1.165, 1.54) is 263 Å². The summed E-state index contributed by atoms with van der Waals surface area (Å²) in [5.74, 6) is -0.379. The molecule has 0 rings (SSSR count). The number of allylic oxidation sites excluding steroid dienone is 2.